The van der Waals surface area contributed by atoms with Crippen LogP contribution in [-0.2, 0) is 4.79 Å². The van der Waals surface area contributed by atoms with Crippen molar-refractivity contribution >= 4 is 11.6 Å². The van der Waals surface area contributed by atoms with E-state index in [1.165, 1.54) is 0 Å². The second-order valence-corrected chi connectivity index (χ2v) is 9.66. The summed E-state index contributed by atoms with van der Waals surface area (Å²) in [6.45, 7) is 8.51. The summed E-state index contributed by atoms with van der Waals surface area (Å²) in [5.41, 5.74) is 4.43. The van der Waals surface area contributed by atoms with Crippen LogP contribution >= 0.6 is 0 Å². The van der Waals surface area contributed by atoms with E-state index in [4.69, 9.17) is 9.73 Å². The minimum Gasteiger partial charge on any atom is -0.456 e. The molecule has 0 radical (unpaired) electrons. The molecule has 1 atom stereocenters. The van der Waals surface area contributed by atoms with Gasteiger partial charge in [-0.25, -0.2) is 0 Å². The van der Waals surface area contributed by atoms with Gasteiger partial charge in [-0.3, -0.25) is 14.8 Å². The van der Waals surface area contributed by atoms with Gasteiger partial charge in [0, 0.05) is 42.5 Å². The second-order valence-electron chi connectivity index (χ2n) is 9.66. The number of fused-ring (bicyclic) bond motifs is 1. The summed E-state index contributed by atoms with van der Waals surface area (Å²) < 4.78 is 5.96. The lowest BCUT2D eigenvalue weighted by molar-refractivity contribution is -0.115. The molecule has 2 aromatic carbocycles. The highest BCUT2D eigenvalue weighted by atomic mass is 16.5. The number of pyridine rings is 1. The third kappa shape index (κ3) is 5.13. The molecule has 1 fully saturated rings. The van der Waals surface area contributed by atoms with E-state index in [0.717, 1.165) is 53.9 Å². The van der Waals surface area contributed by atoms with Gasteiger partial charge in [0.05, 0.1) is 12.2 Å². The smallest absolute Gasteiger partial charge is 0.270 e. The van der Waals surface area contributed by atoms with Crippen LogP contribution in [0.4, 0.5) is 0 Å². The average Bonchev–Trinajstić information content (AvgIpc) is 3.21. The van der Waals surface area contributed by atoms with E-state index in [1.807, 2.05) is 49.5 Å². The van der Waals surface area contributed by atoms with Gasteiger partial charge in [0.15, 0.2) is 0 Å². The number of rotatable bonds is 6. The van der Waals surface area contributed by atoms with Crippen LogP contribution in [0.5, 0.6) is 11.5 Å². The van der Waals surface area contributed by atoms with Gasteiger partial charge in [-0.05, 0) is 69.0 Å². The molecular formula is C29H32N4O2. The molecule has 180 valence electrons. The molecule has 1 N–H and O–H groups in total. The van der Waals surface area contributed by atoms with Crippen molar-refractivity contribution in [2.45, 2.75) is 51.7 Å². The summed E-state index contributed by atoms with van der Waals surface area (Å²) >= 11 is 0. The van der Waals surface area contributed by atoms with Gasteiger partial charge >= 0.3 is 0 Å². The SMILES string of the molecule is CC(C)N1CCC(NC(=O)C2=N[C@@H](C)c3ccc(-c4cncc(Oc5ccccc5)c4)cc32)CC1. The minimum atomic E-state index is -0.0740. The van der Waals surface area contributed by atoms with Crippen LogP contribution in [0.25, 0.3) is 11.1 Å². The largest absolute Gasteiger partial charge is 0.456 e. The molecule has 1 aromatic heterocycles. The first-order valence-corrected chi connectivity index (χ1v) is 12.4. The predicted octanol–water partition coefficient (Wildman–Crippen LogP) is 5.39. The Morgan fingerprint density at radius 2 is 1.77 bits per heavy atom. The Morgan fingerprint density at radius 1 is 1.00 bits per heavy atom. The average molecular weight is 469 g/mol. The molecule has 0 unspecified atom stereocenters. The lowest BCUT2D eigenvalue weighted by atomic mass is 9.96. The fourth-order valence-corrected chi connectivity index (χ4v) is 4.89. The van der Waals surface area contributed by atoms with Crippen LogP contribution in [0.1, 0.15) is 50.8 Å². The van der Waals surface area contributed by atoms with Gasteiger partial charge in [0.2, 0.25) is 0 Å². The van der Waals surface area contributed by atoms with Gasteiger partial charge in [-0.1, -0.05) is 30.3 Å². The number of para-hydroxylation sites is 1. The number of benzene rings is 2. The maximum atomic E-state index is 13.3. The predicted molar refractivity (Wildman–Crippen MR) is 139 cm³/mol. The molecule has 3 heterocycles. The zero-order valence-corrected chi connectivity index (χ0v) is 20.6. The van der Waals surface area contributed by atoms with Gasteiger partial charge in [0.25, 0.3) is 5.91 Å². The van der Waals surface area contributed by atoms with Crippen molar-refractivity contribution in [3.8, 4) is 22.6 Å². The summed E-state index contributed by atoms with van der Waals surface area (Å²) in [4.78, 5) is 24.8. The first-order chi connectivity index (χ1) is 17.0. The lowest BCUT2D eigenvalue weighted by Crippen LogP contribution is -2.48. The van der Waals surface area contributed by atoms with Crippen LogP contribution in [0.3, 0.4) is 0 Å². The first-order valence-electron chi connectivity index (χ1n) is 12.4. The molecule has 1 saturated heterocycles. The fourth-order valence-electron chi connectivity index (χ4n) is 4.89. The lowest BCUT2D eigenvalue weighted by Gasteiger charge is -2.34. The molecule has 1 amide bonds. The molecule has 5 rings (SSSR count). The van der Waals surface area contributed by atoms with E-state index < -0.39 is 0 Å². The van der Waals surface area contributed by atoms with Crippen molar-refractivity contribution in [3.05, 3.63) is 78.1 Å². The van der Waals surface area contributed by atoms with Crippen molar-refractivity contribution in [1.82, 2.24) is 15.2 Å². The monoisotopic (exact) mass is 468 g/mol. The zero-order chi connectivity index (χ0) is 24.4. The van der Waals surface area contributed by atoms with Crippen molar-refractivity contribution in [1.29, 1.82) is 0 Å². The van der Waals surface area contributed by atoms with Gasteiger partial charge in [-0.2, -0.15) is 0 Å². The van der Waals surface area contributed by atoms with Gasteiger partial charge in [-0.15, -0.1) is 0 Å². The molecule has 2 aliphatic rings. The number of likely N-dealkylation sites (tertiary alicyclic amines) is 1. The molecule has 0 aliphatic carbocycles. The molecule has 6 heteroatoms. The zero-order valence-electron chi connectivity index (χ0n) is 20.6. The van der Waals surface area contributed by atoms with Crippen LogP contribution in [0.15, 0.2) is 72.0 Å². The number of carbonyl (C=O) groups is 1. The van der Waals surface area contributed by atoms with Crippen molar-refractivity contribution in [2.24, 2.45) is 4.99 Å². The number of piperidine rings is 1. The molecule has 0 spiro atoms. The number of hydrogen-bond acceptors (Lipinski definition) is 5. The van der Waals surface area contributed by atoms with Crippen molar-refractivity contribution < 1.29 is 9.53 Å². The number of amides is 1. The first kappa shape index (κ1) is 23.2. The Kier molecular flexibility index (Phi) is 6.64. The van der Waals surface area contributed by atoms with Crippen LogP contribution < -0.4 is 10.1 Å². The number of ether oxygens (including phenoxy) is 1. The van der Waals surface area contributed by atoms with E-state index in [-0.39, 0.29) is 18.0 Å². The number of nitrogens with one attached hydrogen (secondary N) is 1. The van der Waals surface area contributed by atoms with E-state index in [9.17, 15) is 4.79 Å². The Hall–Kier alpha value is -3.51. The van der Waals surface area contributed by atoms with E-state index >= 15 is 0 Å². The number of nitrogens with zero attached hydrogens (tertiary/aromatic N) is 3. The summed E-state index contributed by atoms with van der Waals surface area (Å²) in [5.74, 6) is 1.36. The molecule has 0 saturated carbocycles. The highest BCUT2D eigenvalue weighted by Crippen LogP contribution is 2.34. The number of carbonyl (C=O) groups excluding carboxylic acids is 1. The highest BCUT2D eigenvalue weighted by Gasteiger charge is 2.29. The molecule has 3 aromatic rings. The van der Waals surface area contributed by atoms with E-state index in [0.29, 0.717) is 17.5 Å². The summed E-state index contributed by atoms with van der Waals surface area (Å²) in [5, 5.41) is 3.25. The van der Waals surface area contributed by atoms with E-state index in [1.54, 1.807) is 6.20 Å². The third-order valence-corrected chi connectivity index (χ3v) is 6.92. The van der Waals surface area contributed by atoms with Crippen LogP contribution in [0.2, 0.25) is 0 Å². The van der Waals surface area contributed by atoms with Gasteiger partial charge < -0.3 is 15.0 Å². The Bertz CT molecular complexity index is 1230. The van der Waals surface area contributed by atoms with E-state index in [2.05, 4.69) is 47.2 Å². The maximum absolute atomic E-state index is 13.3. The second kappa shape index (κ2) is 10.0. The minimum absolute atomic E-state index is 0.0338. The summed E-state index contributed by atoms with van der Waals surface area (Å²) in [6, 6.07) is 18.5. The molecule has 6 nitrogen and oxygen atoms in total. The Balaban J connectivity index is 1.33. The number of aliphatic imine (C=N–C) groups is 1. The van der Waals surface area contributed by atoms with Crippen molar-refractivity contribution in [2.75, 3.05) is 13.1 Å². The van der Waals surface area contributed by atoms with Crippen LogP contribution in [0, 0.1) is 0 Å². The Labute approximate surface area is 207 Å². The normalized spacial score (nSPS) is 18.3. The Morgan fingerprint density at radius 3 is 2.51 bits per heavy atom. The number of hydrogen-bond donors (Lipinski definition) is 1. The summed E-state index contributed by atoms with van der Waals surface area (Å²) in [7, 11) is 0. The molecule has 0 bridgehead atoms. The molecular weight excluding hydrogens is 436 g/mol. The fraction of sp³-hybridized carbons (Fsp3) is 0.345. The van der Waals surface area contributed by atoms with Crippen molar-refractivity contribution in [3.63, 3.8) is 0 Å². The highest BCUT2D eigenvalue weighted by molar-refractivity contribution is 6.46. The molecule has 2 aliphatic heterocycles. The summed E-state index contributed by atoms with van der Waals surface area (Å²) in [6.07, 6.45) is 5.47. The standard InChI is InChI=1S/C29H32N4O2/c1-19(2)33-13-11-23(12-14-33)32-29(34)28-27-16-21(9-10-26(27)20(3)31-28)22-15-25(18-30-17-22)35-24-7-5-4-6-8-24/h4-10,15-20,23H,11-14H2,1-3H3,(H,32,34)/t20-/m0/s1. The van der Waals surface area contributed by atoms with Gasteiger partial charge in [0.1, 0.15) is 17.2 Å². The topological polar surface area (TPSA) is 66.8 Å². The quantitative estimate of drug-likeness (QED) is 0.526. The maximum Gasteiger partial charge on any atom is 0.270 e. The third-order valence-electron chi connectivity index (χ3n) is 6.92. The van der Waals surface area contributed by atoms with Crippen LogP contribution in [-0.4, -0.2) is 46.7 Å². The molecule has 35 heavy (non-hydrogen) atoms. The number of aromatic nitrogens is 1.